The third-order valence-corrected chi connectivity index (χ3v) is 4.56. The molecule has 0 bridgehead atoms. The monoisotopic (exact) mass is 373 g/mol. The Labute approximate surface area is 149 Å². The predicted octanol–water partition coefficient (Wildman–Crippen LogP) is 1.91. The highest BCUT2D eigenvalue weighted by molar-refractivity contribution is 7.89. The molecule has 2 aromatic carbocycles. The molecule has 0 saturated carbocycles. The van der Waals surface area contributed by atoms with Crippen LogP contribution < -0.4 is 10.1 Å². The number of sulfonamides is 1. The number of hydrazone groups is 1. The number of amides is 1. The highest BCUT2D eigenvalue weighted by atomic mass is 32.2. The minimum Gasteiger partial charge on any atom is -0.506 e. The van der Waals surface area contributed by atoms with Crippen LogP contribution in [0.2, 0.25) is 0 Å². The van der Waals surface area contributed by atoms with Gasteiger partial charge in [0.2, 0.25) is 10.0 Å². The zero-order chi connectivity index (χ0) is 18.9. The van der Waals surface area contributed by atoms with Crippen molar-refractivity contribution in [3.63, 3.8) is 0 Å². The number of primary sulfonamides is 1. The highest BCUT2D eigenvalue weighted by Gasteiger charge is 2.34. The van der Waals surface area contributed by atoms with Crippen molar-refractivity contribution in [2.24, 2.45) is 20.5 Å². The number of carbonyl (C=O) groups is 1. The van der Waals surface area contributed by atoms with E-state index in [1.807, 2.05) is 6.07 Å². The molecule has 0 aliphatic carbocycles. The van der Waals surface area contributed by atoms with Crippen LogP contribution in [0.4, 0.5) is 11.4 Å². The summed E-state index contributed by atoms with van der Waals surface area (Å²) in [6, 6.07) is 11.2. The molecule has 1 unspecified atom stereocenters. The molecule has 26 heavy (non-hydrogen) atoms. The maximum atomic E-state index is 12.5. The van der Waals surface area contributed by atoms with Gasteiger partial charge in [-0.2, -0.15) is 20.3 Å². The number of azo groups is 1. The third-order valence-electron chi connectivity index (χ3n) is 3.65. The van der Waals surface area contributed by atoms with Gasteiger partial charge in [0.25, 0.3) is 5.91 Å². The van der Waals surface area contributed by atoms with Gasteiger partial charge in [-0.25, -0.2) is 13.6 Å². The van der Waals surface area contributed by atoms with Gasteiger partial charge < -0.3 is 5.11 Å². The van der Waals surface area contributed by atoms with Crippen molar-refractivity contribution in [3.8, 4) is 5.75 Å². The number of nitrogens with two attached hydrogens (primary N) is 1. The molecule has 1 atom stereocenters. The van der Waals surface area contributed by atoms with Crippen LogP contribution in [0.1, 0.15) is 6.92 Å². The topological polar surface area (TPSA) is 138 Å². The first kappa shape index (κ1) is 17.7. The van der Waals surface area contributed by atoms with Crippen molar-refractivity contribution in [1.29, 1.82) is 0 Å². The summed E-state index contributed by atoms with van der Waals surface area (Å²) in [5.41, 5.74) is 0.897. The van der Waals surface area contributed by atoms with Crippen LogP contribution in [-0.4, -0.2) is 31.2 Å². The van der Waals surface area contributed by atoms with Crippen LogP contribution in [0.25, 0.3) is 0 Å². The molecule has 2 aromatic rings. The number of phenolic OH excluding ortho intramolecular Hbond substituents is 1. The molecular weight excluding hydrogens is 358 g/mol. The van der Waals surface area contributed by atoms with Crippen molar-refractivity contribution in [3.05, 3.63) is 48.5 Å². The Balaban J connectivity index is 1.88. The zero-order valence-electron chi connectivity index (χ0n) is 13.6. The fourth-order valence-corrected chi connectivity index (χ4v) is 2.86. The highest BCUT2D eigenvalue weighted by Crippen LogP contribution is 2.30. The predicted molar refractivity (Wildman–Crippen MR) is 94.8 cm³/mol. The Morgan fingerprint density at radius 3 is 2.54 bits per heavy atom. The average Bonchev–Trinajstić information content (AvgIpc) is 2.88. The summed E-state index contributed by atoms with van der Waals surface area (Å²) in [6.07, 6.45) is 0. The third kappa shape index (κ3) is 3.46. The lowest BCUT2D eigenvalue weighted by molar-refractivity contribution is -0.117. The number of rotatable bonds is 4. The molecule has 134 valence electrons. The number of carbonyl (C=O) groups excluding carboxylic acids is 1. The molecule has 0 spiro atoms. The van der Waals surface area contributed by atoms with Crippen molar-refractivity contribution in [2.75, 3.05) is 5.01 Å². The quantitative estimate of drug-likeness (QED) is 0.791. The van der Waals surface area contributed by atoms with Crippen LogP contribution in [0.15, 0.2) is 68.8 Å². The molecule has 0 fully saturated rings. The van der Waals surface area contributed by atoms with Gasteiger partial charge in [0, 0.05) is 0 Å². The van der Waals surface area contributed by atoms with Gasteiger partial charge in [-0.1, -0.05) is 18.2 Å². The number of hydrogen-bond acceptors (Lipinski definition) is 7. The summed E-state index contributed by atoms with van der Waals surface area (Å²) in [6.45, 7) is 1.63. The molecule has 0 radical (unpaired) electrons. The summed E-state index contributed by atoms with van der Waals surface area (Å²) in [5, 5.41) is 28.0. The minimum absolute atomic E-state index is 0.115. The summed E-state index contributed by atoms with van der Waals surface area (Å²) in [7, 11) is -3.96. The Bertz CT molecular complexity index is 1020. The minimum atomic E-state index is -3.96. The van der Waals surface area contributed by atoms with Gasteiger partial charge >= 0.3 is 0 Å². The fourth-order valence-electron chi connectivity index (χ4n) is 2.32. The fraction of sp³-hybridized carbons (Fsp3) is 0.125. The van der Waals surface area contributed by atoms with Crippen LogP contribution in [0, 0.1) is 0 Å². The van der Waals surface area contributed by atoms with E-state index in [-0.39, 0.29) is 16.3 Å². The van der Waals surface area contributed by atoms with Crippen LogP contribution >= 0.6 is 0 Å². The summed E-state index contributed by atoms with van der Waals surface area (Å²) < 4.78 is 22.8. The number of aromatic hydroxyl groups is 1. The second kappa shape index (κ2) is 6.65. The van der Waals surface area contributed by atoms with Gasteiger partial charge in [-0.15, -0.1) is 0 Å². The number of hydrogen-bond donors (Lipinski definition) is 2. The zero-order valence-corrected chi connectivity index (χ0v) is 14.5. The van der Waals surface area contributed by atoms with Gasteiger partial charge in [0.1, 0.15) is 11.4 Å². The van der Waals surface area contributed by atoms with E-state index in [9.17, 15) is 18.3 Å². The van der Waals surface area contributed by atoms with Crippen LogP contribution in [0.3, 0.4) is 0 Å². The van der Waals surface area contributed by atoms with Crippen LogP contribution in [-0.2, 0) is 14.8 Å². The van der Waals surface area contributed by atoms with Crippen molar-refractivity contribution >= 4 is 33.0 Å². The summed E-state index contributed by atoms with van der Waals surface area (Å²) >= 11 is 0. The van der Waals surface area contributed by atoms with E-state index in [0.29, 0.717) is 11.4 Å². The van der Waals surface area contributed by atoms with E-state index in [0.717, 1.165) is 18.2 Å². The van der Waals surface area contributed by atoms with E-state index in [2.05, 4.69) is 15.3 Å². The molecule has 1 aliphatic rings. The van der Waals surface area contributed by atoms with E-state index in [4.69, 9.17) is 5.14 Å². The second-order valence-electron chi connectivity index (χ2n) is 5.54. The number of benzene rings is 2. The van der Waals surface area contributed by atoms with E-state index in [1.54, 1.807) is 31.2 Å². The SMILES string of the molecule is CC1=NN(c2ccccc2)C(=O)C1N=Nc1cc(S(N)(=O)=O)ccc1O. The van der Waals surface area contributed by atoms with E-state index in [1.165, 1.54) is 5.01 Å². The number of nitrogens with zero attached hydrogens (tertiary/aromatic N) is 4. The van der Waals surface area contributed by atoms with Gasteiger partial charge in [0.15, 0.2) is 6.04 Å². The summed E-state index contributed by atoms with van der Waals surface area (Å²) in [5.74, 6) is -0.694. The van der Waals surface area contributed by atoms with Crippen molar-refractivity contribution < 1.29 is 18.3 Å². The Hall–Kier alpha value is -3.11. The second-order valence-corrected chi connectivity index (χ2v) is 7.10. The lowest BCUT2D eigenvalue weighted by Crippen LogP contribution is -2.29. The Kier molecular flexibility index (Phi) is 4.53. The van der Waals surface area contributed by atoms with Crippen LogP contribution in [0.5, 0.6) is 5.75 Å². The molecular formula is C16H15N5O4S. The Morgan fingerprint density at radius 1 is 1.19 bits per heavy atom. The number of para-hydroxylation sites is 1. The van der Waals surface area contributed by atoms with Crippen molar-refractivity contribution in [1.82, 2.24) is 0 Å². The first-order valence-electron chi connectivity index (χ1n) is 7.48. The first-order valence-corrected chi connectivity index (χ1v) is 9.03. The van der Waals surface area contributed by atoms with Gasteiger partial charge in [-0.05, 0) is 37.3 Å². The molecule has 0 saturated heterocycles. The number of phenols is 1. The average molecular weight is 373 g/mol. The Morgan fingerprint density at radius 2 is 1.88 bits per heavy atom. The smallest absolute Gasteiger partial charge is 0.280 e. The lowest BCUT2D eigenvalue weighted by Gasteiger charge is -2.11. The largest absolute Gasteiger partial charge is 0.506 e. The lowest BCUT2D eigenvalue weighted by atomic mass is 10.2. The molecule has 3 N–H and O–H groups in total. The van der Waals surface area contributed by atoms with E-state index >= 15 is 0 Å². The van der Waals surface area contributed by atoms with Gasteiger partial charge in [-0.3, -0.25) is 4.79 Å². The normalized spacial score (nSPS) is 17.8. The molecule has 10 heteroatoms. The molecule has 9 nitrogen and oxygen atoms in total. The maximum absolute atomic E-state index is 12.5. The molecule has 0 aromatic heterocycles. The molecule has 3 rings (SSSR count). The maximum Gasteiger partial charge on any atom is 0.280 e. The standard InChI is InChI=1S/C16H15N5O4S/c1-10-15(16(23)21(20-10)11-5-3-2-4-6-11)19-18-13-9-12(26(17,24)25)7-8-14(13)22/h2-9,15,22H,1H3,(H2,17,24,25). The van der Waals surface area contributed by atoms with Gasteiger partial charge in [0.05, 0.1) is 16.3 Å². The summed E-state index contributed by atoms with van der Waals surface area (Å²) in [4.78, 5) is 12.3. The first-order chi connectivity index (χ1) is 12.3. The van der Waals surface area contributed by atoms with E-state index < -0.39 is 22.0 Å². The molecule has 1 amide bonds. The molecule has 1 heterocycles. The molecule has 1 aliphatic heterocycles. The number of anilines is 1. The van der Waals surface area contributed by atoms with Crippen molar-refractivity contribution in [2.45, 2.75) is 17.9 Å².